The number of primary sulfonamides is 1. The summed E-state index contributed by atoms with van der Waals surface area (Å²) < 4.78 is 27.9. The smallest absolute Gasteiger partial charge is 0.255 e. The quantitative estimate of drug-likeness (QED) is 0.531. The molecule has 2 aromatic rings. The molecule has 2 aromatic carbocycles. The van der Waals surface area contributed by atoms with Gasteiger partial charge in [-0.1, -0.05) is 12.1 Å². The summed E-state index contributed by atoms with van der Waals surface area (Å²) in [5, 5.41) is 14.4. The van der Waals surface area contributed by atoms with Gasteiger partial charge in [0.05, 0.1) is 23.6 Å². The first-order chi connectivity index (χ1) is 13.7. The van der Waals surface area contributed by atoms with Crippen LogP contribution in [0.2, 0.25) is 0 Å². The maximum Gasteiger partial charge on any atom is 0.255 e. The summed E-state index contributed by atoms with van der Waals surface area (Å²) in [6.45, 7) is 1.77. The highest BCUT2D eigenvalue weighted by Gasteiger charge is 2.30. The van der Waals surface area contributed by atoms with Gasteiger partial charge in [0, 0.05) is 11.4 Å². The van der Waals surface area contributed by atoms with E-state index >= 15 is 0 Å². The Morgan fingerprint density at radius 1 is 1.14 bits per heavy atom. The number of thiocarbonyl (C=S) groups is 1. The fourth-order valence-electron chi connectivity index (χ4n) is 2.97. The topological polar surface area (TPSA) is 123 Å². The molecule has 0 aromatic heterocycles. The zero-order valence-electron chi connectivity index (χ0n) is 15.7. The number of hydrogen-bond acceptors (Lipinski definition) is 5. The number of amides is 1. The number of nitrogens with one attached hydrogen (secondary N) is 3. The van der Waals surface area contributed by atoms with Crippen molar-refractivity contribution in [3.8, 4) is 5.75 Å². The molecule has 0 spiro atoms. The molecule has 0 saturated heterocycles. The van der Waals surface area contributed by atoms with Gasteiger partial charge in [-0.05, 0) is 61.1 Å². The van der Waals surface area contributed by atoms with Crippen molar-refractivity contribution < 1.29 is 17.9 Å². The van der Waals surface area contributed by atoms with Crippen LogP contribution in [0.25, 0.3) is 0 Å². The van der Waals surface area contributed by atoms with E-state index in [0.717, 1.165) is 5.56 Å². The van der Waals surface area contributed by atoms with Gasteiger partial charge in [0.15, 0.2) is 5.11 Å². The van der Waals surface area contributed by atoms with Crippen LogP contribution in [-0.2, 0) is 14.8 Å². The summed E-state index contributed by atoms with van der Waals surface area (Å²) in [6.07, 6.45) is 0. The number of sulfonamides is 1. The Bertz CT molecular complexity index is 1080. The predicted molar refractivity (Wildman–Crippen MR) is 114 cm³/mol. The highest BCUT2D eigenvalue weighted by atomic mass is 32.2. The Kier molecular flexibility index (Phi) is 5.87. The number of rotatable bonds is 5. The minimum Gasteiger partial charge on any atom is -0.497 e. The van der Waals surface area contributed by atoms with Crippen LogP contribution in [0.15, 0.2) is 64.7 Å². The van der Waals surface area contributed by atoms with E-state index in [1.807, 2.05) is 12.1 Å². The molecule has 10 heteroatoms. The van der Waals surface area contributed by atoms with E-state index in [9.17, 15) is 13.2 Å². The van der Waals surface area contributed by atoms with E-state index in [2.05, 4.69) is 16.0 Å². The van der Waals surface area contributed by atoms with Gasteiger partial charge in [0.25, 0.3) is 5.91 Å². The molecule has 3 rings (SSSR count). The lowest BCUT2D eigenvalue weighted by Crippen LogP contribution is -2.45. The third-order valence-electron chi connectivity index (χ3n) is 4.40. The van der Waals surface area contributed by atoms with Crippen LogP contribution < -0.4 is 25.8 Å². The lowest BCUT2D eigenvalue weighted by atomic mass is 9.95. The Balaban J connectivity index is 1.89. The predicted octanol–water partition coefficient (Wildman–Crippen LogP) is 1.77. The number of carbonyl (C=O) groups excluding carboxylic acids is 1. The van der Waals surface area contributed by atoms with Crippen molar-refractivity contribution in [2.75, 3.05) is 12.4 Å². The van der Waals surface area contributed by atoms with E-state index < -0.39 is 16.1 Å². The summed E-state index contributed by atoms with van der Waals surface area (Å²) in [6, 6.07) is 12.5. The van der Waals surface area contributed by atoms with Crippen LogP contribution in [-0.4, -0.2) is 26.5 Å². The number of ether oxygens (including phenoxy) is 1. The molecule has 1 heterocycles. The third-order valence-corrected chi connectivity index (χ3v) is 5.55. The van der Waals surface area contributed by atoms with Crippen LogP contribution in [0.3, 0.4) is 0 Å². The first-order valence-corrected chi connectivity index (χ1v) is 10.5. The molecule has 8 nitrogen and oxygen atoms in total. The highest BCUT2D eigenvalue weighted by molar-refractivity contribution is 7.89. The molecule has 1 unspecified atom stereocenters. The van der Waals surface area contributed by atoms with Gasteiger partial charge in [0.2, 0.25) is 10.0 Å². The maximum absolute atomic E-state index is 13.0. The van der Waals surface area contributed by atoms with E-state index in [4.69, 9.17) is 22.1 Å². The van der Waals surface area contributed by atoms with Gasteiger partial charge in [-0.25, -0.2) is 13.6 Å². The van der Waals surface area contributed by atoms with Crippen molar-refractivity contribution >= 4 is 38.9 Å². The van der Waals surface area contributed by atoms with E-state index in [1.165, 1.54) is 24.3 Å². The monoisotopic (exact) mass is 432 g/mol. The number of methoxy groups -OCH3 is 1. The van der Waals surface area contributed by atoms with Crippen LogP contribution in [0.1, 0.15) is 18.5 Å². The van der Waals surface area contributed by atoms with Crippen molar-refractivity contribution in [2.24, 2.45) is 5.14 Å². The van der Waals surface area contributed by atoms with Crippen LogP contribution in [0, 0.1) is 0 Å². The number of benzene rings is 2. The van der Waals surface area contributed by atoms with Crippen molar-refractivity contribution in [1.82, 2.24) is 10.6 Å². The normalized spacial score (nSPS) is 16.7. The van der Waals surface area contributed by atoms with Gasteiger partial charge in [-0.15, -0.1) is 0 Å². The Labute approximate surface area is 174 Å². The zero-order chi connectivity index (χ0) is 21.2. The molecule has 0 radical (unpaired) electrons. The minimum absolute atomic E-state index is 0.0339. The summed E-state index contributed by atoms with van der Waals surface area (Å²) in [4.78, 5) is 13.0. The molecule has 1 aliphatic rings. The zero-order valence-corrected chi connectivity index (χ0v) is 17.4. The number of anilines is 1. The standard InChI is InChI=1S/C19H20N4O4S2/c1-11-16(18(24)22-13-5-9-15(10-6-13)29(20,25)26)17(23-19(28)21-11)12-3-7-14(27-2)8-4-12/h3-10,17H,1-2H3,(H,22,24)(H2,20,25,26)(H2,21,23,28). The molecule has 1 amide bonds. The SMILES string of the molecule is COc1ccc(C2NC(=S)NC(C)=C2C(=O)Nc2ccc(S(N)(=O)=O)cc2)cc1. The fourth-order valence-corrected chi connectivity index (χ4v) is 3.75. The van der Waals surface area contributed by atoms with Crippen molar-refractivity contribution in [2.45, 2.75) is 17.9 Å². The van der Waals surface area contributed by atoms with Gasteiger partial charge < -0.3 is 20.7 Å². The van der Waals surface area contributed by atoms with Crippen LogP contribution in [0.5, 0.6) is 5.75 Å². The molecule has 29 heavy (non-hydrogen) atoms. The molecule has 0 saturated carbocycles. The molecular weight excluding hydrogens is 412 g/mol. The maximum atomic E-state index is 13.0. The lowest BCUT2D eigenvalue weighted by molar-refractivity contribution is -0.113. The first-order valence-electron chi connectivity index (χ1n) is 8.55. The van der Waals surface area contributed by atoms with Crippen molar-refractivity contribution in [1.29, 1.82) is 0 Å². The third kappa shape index (κ3) is 4.73. The van der Waals surface area contributed by atoms with E-state index in [-0.39, 0.29) is 10.8 Å². The molecule has 5 N–H and O–H groups in total. The second-order valence-electron chi connectivity index (χ2n) is 6.37. The van der Waals surface area contributed by atoms with Gasteiger partial charge >= 0.3 is 0 Å². The fraction of sp³-hybridized carbons (Fsp3) is 0.158. The first kappa shape index (κ1) is 20.8. The Morgan fingerprint density at radius 2 is 1.76 bits per heavy atom. The number of allylic oxidation sites excluding steroid dienone is 1. The number of hydrogen-bond donors (Lipinski definition) is 4. The molecule has 1 aliphatic heterocycles. The average molecular weight is 433 g/mol. The van der Waals surface area contributed by atoms with Crippen LogP contribution in [0.4, 0.5) is 5.69 Å². The average Bonchev–Trinajstić information content (AvgIpc) is 2.67. The van der Waals surface area contributed by atoms with E-state index in [1.54, 1.807) is 26.2 Å². The molecule has 0 aliphatic carbocycles. The van der Waals surface area contributed by atoms with E-state index in [0.29, 0.717) is 27.8 Å². The molecule has 0 fully saturated rings. The van der Waals surface area contributed by atoms with Gasteiger partial charge in [-0.3, -0.25) is 4.79 Å². The summed E-state index contributed by atoms with van der Waals surface area (Å²) in [5.74, 6) is 0.348. The molecule has 0 bridgehead atoms. The van der Waals surface area contributed by atoms with Crippen LogP contribution >= 0.6 is 12.2 Å². The largest absolute Gasteiger partial charge is 0.497 e. The summed E-state index contributed by atoms with van der Waals surface area (Å²) in [7, 11) is -2.22. The Morgan fingerprint density at radius 3 is 2.31 bits per heavy atom. The molecule has 152 valence electrons. The van der Waals surface area contributed by atoms with Gasteiger partial charge in [0.1, 0.15) is 5.75 Å². The lowest BCUT2D eigenvalue weighted by Gasteiger charge is -2.30. The second-order valence-corrected chi connectivity index (χ2v) is 8.34. The van der Waals surface area contributed by atoms with Crippen molar-refractivity contribution in [3.05, 3.63) is 65.4 Å². The highest BCUT2D eigenvalue weighted by Crippen LogP contribution is 2.29. The van der Waals surface area contributed by atoms with Crippen molar-refractivity contribution in [3.63, 3.8) is 0 Å². The minimum atomic E-state index is -3.80. The van der Waals surface area contributed by atoms with Gasteiger partial charge in [-0.2, -0.15) is 0 Å². The molecule has 1 atom stereocenters. The molecular formula is C19H20N4O4S2. The summed E-state index contributed by atoms with van der Waals surface area (Å²) >= 11 is 5.25. The number of carbonyl (C=O) groups is 1. The second kappa shape index (κ2) is 8.19. The number of nitrogens with two attached hydrogens (primary N) is 1. The summed E-state index contributed by atoms with van der Waals surface area (Å²) in [5.41, 5.74) is 2.35. The Hall–Kier alpha value is -2.95.